The van der Waals surface area contributed by atoms with Crippen molar-refractivity contribution in [2.75, 3.05) is 40.4 Å². The van der Waals surface area contributed by atoms with Gasteiger partial charge in [-0.1, -0.05) is 12.1 Å². The SMILES string of the molecule is CN=C(NCCc1ccc(C(F)(F)F)cc1)N(C)CCOCC1CC1.I. The number of alkyl halides is 3. The molecule has 1 saturated carbocycles. The Bertz CT molecular complexity index is 560. The quantitative estimate of drug-likeness (QED) is 0.264. The minimum absolute atomic E-state index is 0. The predicted molar refractivity (Wildman–Crippen MR) is 108 cm³/mol. The number of rotatable bonds is 8. The Morgan fingerprint density at radius 3 is 2.46 bits per heavy atom. The van der Waals surface area contributed by atoms with Gasteiger partial charge in [-0.3, -0.25) is 4.99 Å². The number of hydrogen-bond acceptors (Lipinski definition) is 2. The van der Waals surface area contributed by atoms with E-state index in [9.17, 15) is 13.2 Å². The molecule has 1 aromatic rings. The van der Waals surface area contributed by atoms with Gasteiger partial charge in [0.25, 0.3) is 0 Å². The zero-order valence-corrected chi connectivity index (χ0v) is 17.5. The molecule has 4 nitrogen and oxygen atoms in total. The second kappa shape index (κ2) is 11.0. The number of halogens is 4. The summed E-state index contributed by atoms with van der Waals surface area (Å²) in [6, 6.07) is 5.27. The Balaban J connectivity index is 0.00000338. The normalized spacial score (nSPS) is 14.7. The minimum atomic E-state index is -4.29. The summed E-state index contributed by atoms with van der Waals surface area (Å²) in [6.45, 7) is 2.85. The first-order chi connectivity index (χ1) is 11.9. The van der Waals surface area contributed by atoms with Crippen LogP contribution in [0.3, 0.4) is 0 Å². The van der Waals surface area contributed by atoms with Crippen LogP contribution >= 0.6 is 24.0 Å². The van der Waals surface area contributed by atoms with Crippen molar-refractivity contribution in [1.29, 1.82) is 0 Å². The lowest BCUT2D eigenvalue weighted by Gasteiger charge is -2.22. The van der Waals surface area contributed by atoms with Crippen LogP contribution < -0.4 is 5.32 Å². The van der Waals surface area contributed by atoms with E-state index < -0.39 is 11.7 Å². The fraction of sp³-hybridized carbons (Fsp3) is 0.611. The number of likely N-dealkylation sites (N-methyl/N-ethyl adjacent to an activating group) is 1. The van der Waals surface area contributed by atoms with Crippen molar-refractivity contribution in [3.05, 3.63) is 35.4 Å². The molecule has 0 radical (unpaired) electrons. The maximum Gasteiger partial charge on any atom is 0.416 e. The fourth-order valence-corrected chi connectivity index (χ4v) is 2.41. The van der Waals surface area contributed by atoms with Crippen LogP contribution in [0.5, 0.6) is 0 Å². The van der Waals surface area contributed by atoms with Crippen LogP contribution in [-0.4, -0.2) is 51.3 Å². The lowest BCUT2D eigenvalue weighted by molar-refractivity contribution is -0.137. The molecule has 26 heavy (non-hydrogen) atoms. The van der Waals surface area contributed by atoms with Crippen LogP contribution in [0.4, 0.5) is 13.2 Å². The van der Waals surface area contributed by atoms with Gasteiger partial charge < -0.3 is 15.0 Å². The van der Waals surface area contributed by atoms with Crippen molar-refractivity contribution in [2.45, 2.75) is 25.4 Å². The van der Waals surface area contributed by atoms with Gasteiger partial charge in [-0.25, -0.2) is 0 Å². The molecule has 2 rings (SSSR count). The molecule has 0 saturated heterocycles. The highest BCUT2D eigenvalue weighted by Gasteiger charge is 2.29. The van der Waals surface area contributed by atoms with Gasteiger partial charge in [-0.05, 0) is 42.9 Å². The van der Waals surface area contributed by atoms with E-state index in [2.05, 4.69) is 10.3 Å². The Hall–Kier alpha value is -1.03. The summed E-state index contributed by atoms with van der Waals surface area (Å²) in [7, 11) is 3.65. The third-order valence-electron chi connectivity index (χ3n) is 4.17. The van der Waals surface area contributed by atoms with Crippen LogP contribution in [-0.2, 0) is 17.3 Å². The molecule has 1 N–H and O–H groups in total. The lowest BCUT2D eigenvalue weighted by Crippen LogP contribution is -2.41. The third kappa shape index (κ3) is 8.11. The molecule has 0 aliphatic heterocycles. The second-order valence-corrected chi connectivity index (χ2v) is 6.36. The molecule has 1 aromatic carbocycles. The van der Waals surface area contributed by atoms with E-state index in [0.29, 0.717) is 19.6 Å². The lowest BCUT2D eigenvalue weighted by atomic mass is 10.1. The summed E-state index contributed by atoms with van der Waals surface area (Å²) in [6.07, 6.45) is -1.10. The molecule has 0 amide bonds. The summed E-state index contributed by atoms with van der Waals surface area (Å²) in [4.78, 5) is 6.20. The highest BCUT2D eigenvalue weighted by molar-refractivity contribution is 14.0. The maximum absolute atomic E-state index is 12.5. The zero-order chi connectivity index (χ0) is 18.3. The number of ether oxygens (including phenoxy) is 1. The van der Waals surface area contributed by atoms with Gasteiger partial charge in [-0.15, -0.1) is 24.0 Å². The van der Waals surface area contributed by atoms with E-state index in [-0.39, 0.29) is 24.0 Å². The fourth-order valence-electron chi connectivity index (χ4n) is 2.41. The molecule has 0 heterocycles. The molecule has 0 atom stereocenters. The molecule has 0 spiro atoms. The number of nitrogens with zero attached hydrogens (tertiary/aromatic N) is 2. The summed E-state index contributed by atoms with van der Waals surface area (Å²) in [5, 5.41) is 3.22. The molecule has 8 heteroatoms. The van der Waals surface area contributed by atoms with E-state index in [1.807, 2.05) is 11.9 Å². The van der Waals surface area contributed by atoms with E-state index in [1.165, 1.54) is 25.0 Å². The van der Waals surface area contributed by atoms with Gasteiger partial charge in [0.2, 0.25) is 0 Å². The highest BCUT2D eigenvalue weighted by atomic mass is 127. The van der Waals surface area contributed by atoms with Crippen LogP contribution in [0.1, 0.15) is 24.0 Å². The molecule has 0 aromatic heterocycles. The first kappa shape index (κ1) is 23.0. The number of guanidine groups is 1. The summed E-state index contributed by atoms with van der Waals surface area (Å²) >= 11 is 0. The standard InChI is InChI=1S/C18H26F3N3O.HI/c1-22-17(24(2)11-12-25-13-15-3-4-15)23-10-9-14-5-7-16(8-6-14)18(19,20)21;/h5-8,15H,3-4,9-13H2,1-2H3,(H,22,23);1H. The Morgan fingerprint density at radius 2 is 1.92 bits per heavy atom. The molecule has 148 valence electrons. The van der Waals surface area contributed by atoms with Gasteiger partial charge in [0.1, 0.15) is 0 Å². The van der Waals surface area contributed by atoms with Crippen LogP contribution in [0.2, 0.25) is 0 Å². The number of hydrogen-bond donors (Lipinski definition) is 1. The van der Waals surface area contributed by atoms with Gasteiger partial charge in [0, 0.05) is 33.8 Å². The maximum atomic E-state index is 12.5. The zero-order valence-electron chi connectivity index (χ0n) is 15.2. The number of nitrogens with one attached hydrogen (secondary N) is 1. The van der Waals surface area contributed by atoms with Crippen LogP contribution in [0.15, 0.2) is 29.3 Å². The monoisotopic (exact) mass is 485 g/mol. The van der Waals surface area contributed by atoms with Crippen LogP contribution in [0, 0.1) is 5.92 Å². The number of benzene rings is 1. The predicted octanol–water partition coefficient (Wildman–Crippen LogP) is 3.80. The molecule has 1 aliphatic rings. The Labute approximate surface area is 170 Å². The summed E-state index contributed by atoms with van der Waals surface area (Å²) in [5.74, 6) is 1.51. The van der Waals surface area contributed by atoms with E-state index in [4.69, 9.17) is 4.74 Å². The second-order valence-electron chi connectivity index (χ2n) is 6.36. The van der Waals surface area contributed by atoms with E-state index in [1.54, 1.807) is 7.05 Å². The van der Waals surface area contributed by atoms with Gasteiger partial charge in [-0.2, -0.15) is 13.2 Å². The summed E-state index contributed by atoms with van der Waals surface area (Å²) < 4.78 is 43.2. The molecule has 0 bridgehead atoms. The van der Waals surface area contributed by atoms with Crippen molar-refractivity contribution in [3.8, 4) is 0 Å². The van der Waals surface area contributed by atoms with E-state index in [0.717, 1.165) is 42.7 Å². The first-order valence-corrected chi connectivity index (χ1v) is 8.56. The summed E-state index contributed by atoms with van der Waals surface area (Å²) in [5.41, 5.74) is 0.234. The van der Waals surface area contributed by atoms with Gasteiger partial charge in [0.15, 0.2) is 5.96 Å². The average Bonchev–Trinajstić information content (AvgIpc) is 3.39. The molecule has 1 aliphatic carbocycles. The van der Waals surface area contributed by atoms with Gasteiger partial charge >= 0.3 is 6.18 Å². The van der Waals surface area contributed by atoms with Crippen molar-refractivity contribution >= 4 is 29.9 Å². The van der Waals surface area contributed by atoms with E-state index >= 15 is 0 Å². The van der Waals surface area contributed by atoms with Gasteiger partial charge in [0.05, 0.1) is 12.2 Å². The smallest absolute Gasteiger partial charge is 0.379 e. The van der Waals surface area contributed by atoms with Crippen LogP contribution in [0.25, 0.3) is 0 Å². The van der Waals surface area contributed by atoms with Crippen molar-refractivity contribution in [2.24, 2.45) is 10.9 Å². The molecule has 0 unspecified atom stereocenters. The third-order valence-corrected chi connectivity index (χ3v) is 4.17. The molecular weight excluding hydrogens is 458 g/mol. The molecule has 1 fully saturated rings. The number of aliphatic imine (C=N–C) groups is 1. The largest absolute Gasteiger partial charge is 0.416 e. The minimum Gasteiger partial charge on any atom is -0.379 e. The highest BCUT2D eigenvalue weighted by Crippen LogP contribution is 2.29. The van der Waals surface area contributed by atoms with Crippen molar-refractivity contribution in [1.82, 2.24) is 10.2 Å². The van der Waals surface area contributed by atoms with Crippen molar-refractivity contribution < 1.29 is 17.9 Å². The Kier molecular flexibility index (Phi) is 9.70. The van der Waals surface area contributed by atoms with Crippen molar-refractivity contribution in [3.63, 3.8) is 0 Å². The molecular formula is C18H27F3IN3O. The first-order valence-electron chi connectivity index (χ1n) is 8.56. The Morgan fingerprint density at radius 1 is 1.27 bits per heavy atom. The average molecular weight is 485 g/mol. The topological polar surface area (TPSA) is 36.9 Å².